The quantitative estimate of drug-likeness (QED) is 0.523. The van der Waals surface area contributed by atoms with Crippen molar-refractivity contribution >= 4 is 29.2 Å². The Balaban J connectivity index is 2.09. The van der Waals surface area contributed by atoms with Gasteiger partial charge in [0.15, 0.2) is 0 Å². The highest BCUT2D eigenvalue weighted by molar-refractivity contribution is 6.42. The Morgan fingerprint density at radius 3 is 2.56 bits per heavy atom. The fourth-order valence-electron chi connectivity index (χ4n) is 2.47. The third kappa shape index (κ3) is 5.89. The van der Waals surface area contributed by atoms with E-state index < -0.39 is 5.54 Å². The van der Waals surface area contributed by atoms with Gasteiger partial charge in [-0.05, 0) is 43.2 Å². The molecule has 2 aromatic rings. The number of rotatable bonds is 8. The van der Waals surface area contributed by atoms with Gasteiger partial charge < -0.3 is 10.1 Å². The van der Waals surface area contributed by atoms with Gasteiger partial charge in [0.2, 0.25) is 0 Å². The second-order valence-electron chi connectivity index (χ2n) is 6.10. The molecule has 0 amide bonds. The van der Waals surface area contributed by atoms with Crippen LogP contribution in [0.5, 0.6) is 0 Å². The van der Waals surface area contributed by atoms with Crippen LogP contribution < -0.4 is 5.32 Å². The minimum Gasteiger partial charge on any atom is -0.460 e. The Bertz CT molecular complexity index is 734. The van der Waals surface area contributed by atoms with Gasteiger partial charge in [0, 0.05) is 6.54 Å². The molecule has 0 aliphatic rings. The number of benzene rings is 2. The lowest BCUT2D eigenvalue weighted by Gasteiger charge is -2.30. The SMILES string of the molecule is C=CCN[C@](C)(COC(=O)c1ccccc1)Cc1ccc(Cl)c(Cl)c1. The topological polar surface area (TPSA) is 38.3 Å². The monoisotopic (exact) mass is 377 g/mol. The van der Waals surface area contributed by atoms with Crippen molar-refractivity contribution in [3.8, 4) is 0 Å². The molecule has 5 heteroatoms. The largest absolute Gasteiger partial charge is 0.460 e. The number of hydrogen-bond donors (Lipinski definition) is 1. The summed E-state index contributed by atoms with van der Waals surface area (Å²) >= 11 is 12.1. The minimum absolute atomic E-state index is 0.217. The van der Waals surface area contributed by atoms with Gasteiger partial charge >= 0.3 is 5.97 Å². The second-order valence-corrected chi connectivity index (χ2v) is 6.91. The molecular weight excluding hydrogens is 357 g/mol. The van der Waals surface area contributed by atoms with E-state index in [2.05, 4.69) is 11.9 Å². The van der Waals surface area contributed by atoms with Crippen LogP contribution >= 0.6 is 23.2 Å². The summed E-state index contributed by atoms with van der Waals surface area (Å²) in [5, 5.41) is 4.39. The zero-order valence-electron chi connectivity index (χ0n) is 14.1. The van der Waals surface area contributed by atoms with E-state index in [4.69, 9.17) is 27.9 Å². The van der Waals surface area contributed by atoms with Gasteiger partial charge in [-0.15, -0.1) is 6.58 Å². The van der Waals surface area contributed by atoms with E-state index in [0.717, 1.165) is 5.56 Å². The summed E-state index contributed by atoms with van der Waals surface area (Å²) in [7, 11) is 0. The standard InChI is InChI=1S/C20H21Cl2NO2/c1-3-11-23-20(2,13-15-9-10-17(21)18(22)12-15)14-25-19(24)16-7-5-4-6-8-16/h3-10,12,23H,1,11,13-14H2,2H3/t20-/m0/s1. The lowest BCUT2D eigenvalue weighted by atomic mass is 9.93. The maximum Gasteiger partial charge on any atom is 0.338 e. The van der Waals surface area contributed by atoms with E-state index in [1.807, 2.05) is 37.3 Å². The van der Waals surface area contributed by atoms with Gasteiger partial charge in [0.1, 0.15) is 6.61 Å². The predicted molar refractivity (Wildman–Crippen MR) is 103 cm³/mol. The summed E-state index contributed by atoms with van der Waals surface area (Å²) in [6, 6.07) is 14.5. The molecule has 0 bridgehead atoms. The van der Waals surface area contributed by atoms with Crippen molar-refractivity contribution in [2.45, 2.75) is 18.9 Å². The fraction of sp³-hybridized carbons (Fsp3) is 0.250. The average molecular weight is 378 g/mol. The van der Waals surface area contributed by atoms with Crippen molar-refractivity contribution in [2.75, 3.05) is 13.2 Å². The van der Waals surface area contributed by atoms with Gasteiger partial charge in [-0.2, -0.15) is 0 Å². The summed E-state index contributed by atoms with van der Waals surface area (Å²) in [5.74, 6) is -0.346. The van der Waals surface area contributed by atoms with Crippen LogP contribution in [0, 0.1) is 0 Å². The van der Waals surface area contributed by atoms with E-state index in [1.54, 1.807) is 24.3 Å². The molecule has 0 saturated heterocycles. The van der Waals surface area contributed by atoms with Crippen LogP contribution in [0.3, 0.4) is 0 Å². The molecule has 0 aliphatic carbocycles. The highest BCUT2D eigenvalue weighted by Gasteiger charge is 2.26. The normalized spacial score (nSPS) is 13.1. The van der Waals surface area contributed by atoms with Crippen LogP contribution in [0.4, 0.5) is 0 Å². The van der Waals surface area contributed by atoms with Crippen molar-refractivity contribution in [2.24, 2.45) is 0 Å². The molecule has 0 saturated carbocycles. The van der Waals surface area contributed by atoms with Gasteiger partial charge in [-0.25, -0.2) is 4.79 Å². The van der Waals surface area contributed by atoms with Crippen LogP contribution in [-0.2, 0) is 11.2 Å². The van der Waals surface area contributed by atoms with Gasteiger partial charge in [-0.1, -0.05) is 53.5 Å². The highest BCUT2D eigenvalue weighted by atomic mass is 35.5. The first-order valence-electron chi connectivity index (χ1n) is 7.95. The number of hydrogen-bond acceptors (Lipinski definition) is 3. The van der Waals surface area contributed by atoms with Crippen molar-refractivity contribution < 1.29 is 9.53 Å². The molecule has 0 heterocycles. The Morgan fingerprint density at radius 1 is 1.20 bits per heavy atom. The summed E-state index contributed by atoms with van der Waals surface area (Å²) in [6.45, 7) is 6.54. The molecule has 0 fully saturated rings. The zero-order chi connectivity index (χ0) is 18.3. The molecule has 2 rings (SSSR count). The Hall–Kier alpha value is -1.81. The third-order valence-corrected chi connectivity index (χ3v) is 4.52. The van der Waals surface area contributed by atoms with Gasteiger partial charge in [0.25, 0.3) is 0 Å². The molecule has 132 valence electrons. The number of halogens is 2. The zero-order valence-corrected chi connectivity index (χ0v) is 15.6. The molecule has 0 unspecified atom stereocenters. The maximum atomic E-state index is 12.2. The van der Waals surface area contributed by atoms with E-state index in [9.17, 15) is 4.79 Å². The molecule has 25 heavy (non-hydrogen) atoms. The second kappa shape index (κ2) is 9.04. The Morgan fingerprint density at radius 2 is 1.92 bits per heavy atom. The summed E-state index contributed by atoms with van der Waals surface area (Å²) < 4.78 is 5.52. The third-order valence-electron chi connectivity index (χ3n) is 3.78. The summed E-state index contributed by atoms with van der Waals surface area (Å²) in [5.41, 5.74) is 1.07. The molecule has 0 aromatic heterocycles. The van der Waals surface area contributed by atoms with Crippen LogP contribution in [-0.4, -0.2) is 24.7 Å². The maximum absolute atomic E-state index is 12.2. The first-order chi connectivity index (χ1) is 11.9. The summed E-state index contributed by atoms with van der Waals surface area (Å²) in [4.78, 5) is 12.2. The number of carbonyl (C=O) groups is 1. The van der Waals surface area contributed by atoms with Crippen molar-refractivity contribution in [3.63, 3.8) is 0 Å². The Kier molecular flexibility index (Phi) is 7.06. The smallest absolute Gasteiger partial charge is 0.338 e. The molecule has 2 aromatic carbocycles. The number of esters is 1. The molecule has 1 atom stereocenters. The van der Waals surface area contributed by atoms with Crippen LogP contribution in [0.2, 0.25) is 10.0 Å². The van der Waals surface area contributed by atoms with E-state index in [-0.39, 0.29) is 12.6 Å². The minimum atomic E-state index is -0.463. The fourth-order valence-corrected chi connectivity index (χ4v) is 2.79. The first kappa shape index (κ1) is 19.5. The first-order valence-corrected chi connectivity index (χ1v) is 8.71. The number of carbonyl (C=O) groups excluding carboxylic acids is 1. The van der Waals surface area contributed by atoms with Crippen LogP contribution in [0.25, 0.3) is 0 Å². The summed E-state index contributed by atoms with van der Waals surface area (Å²) in [6.07, 6.45) is 2.39. The van der Waals surface area contributed by atoms with E-state index in [1.165, 1.54) is 0 Å². The highest BCUT2D eigenvalue weighted by Crippen LogP contribution is 2.25. The lowest BCUT2D eigenvalue weighted by molar-refractivity contribution is 0.0386. The van der Waals surface area contributed by atoms with Gasteiger partial charge in [-0.3, -0.25) is 0 Å². The van der Waals surface area contributed by atoms with Crippen molar-refractivity contribution in [1.29, 1.82) is 0 Å². The molecular formula is C20H21Cl2NO2. The molecule has 1 N–H and O–H groups in total. The molecule has 0 spiro atoms. The lowest BCUT2D eigenvalue weighted by Crippen LogP contribution is -2.48. The van der Waals surface area contributed by atoms with Crippen LogP contribution in [0.15, 0.2) is 61.2 Å². The van der Waals surface area contributed by atoms with Crippen molar-refractivity contribution in [3.05, 3.63) is 82.4 Å². The van der Waals surface area contributed by atoms with Crippen molar-refractivity contribution in [1.82, 2.24) is 5.32 Å². The molecule has 0 aliphatic heterocycles. The van der Waals surface area contributed by atoms with E-state index in [0.29, 0.717) is 28.6 Å². The van der Waals surface area contributed by atoms with E-state index >= 15 is 0 Å². The molecule has 3 nitrogen and oxygen atoms in total. The van der Waals surface area contributed by atoms with Gasteiger partial charge in [0.05, 0.1) is 21.1 Å². The number of ether oxygens (including phenoxy) is 1. The van der Waals surface area contributed by atoms with Crippen LogP contribution in [0.1, 0.15) is 22.8 Å². The Labute approximate surface area is 158 Å². The predicted octanol–water partition coefficient (Wildman–Crippen LogP) is 4.93. The molecule has 0 radical (unpaired) electrons. The number of nitrogens with one attached hydrogen (secondary N) is 1. The average Bonchev–Trinajstić information content (AvgIpc) is 2.62.